The molecule has 0 fully saturated rings. The fraction of sp³-hybridized carbons (Fsp3) is 0.273. The lowest BCUT2D eigenvalue weighted by Gasteiger charge is -2.04. The van der Waals surface area contributed by atoms with Gasteiger partial charge in [-0.25, -0.2) is 4.68 Å². The number of aromatic hydroxyl groups is 1. The zero-order valence-corrected chi connectivity index (χ0v) is 10.7. The number of nitrogens with two attached hydrogens (primary N) is 1. The van der Waals surface area contributed by atoms with Gasteiger partial charge in [-0.1, -0.05) is 23.9 Å². The number of aromatic nitrogens is 3. The van der Waals surface area contributed by atoms with E-state index >= 15 is 0 Å². The Morgan fingerprint density at radius 2 is 2.17 bits per heavy atom. The minimum atomic E-state index is 0.130. The summed E-state index contributed by atoms with van der Waals surface area (Å²) in [7, 11) is 1.64. The zero-order chi connectivity index (χ0) is 13.0. The van der Waals surface area contributed by atoms with Crippen LogP contribution in [-0.2, 0) is 4.74 Å². The summed E-state index contributed by atoms with van der Waals surface area (Å²) in [4.78, 5) is 0. The SMILES string of the molecule is COCCSc1nnc(-c2ccccc2O)n1N. The molecular weight excluding hydrogens is 252 g/mol. The predicted octanol–water partition coefficient (Wildman–Crippen LogP) is 1.10. The first-order valence-electron chi connectivity index (χ1n) is 5.34. The van der Waals surface area contributed by atoms with Gasteiger partial charge < -0.3 is 15.7 Å². The topological polar surface area (TPSA) is 86.2 Å². The molecule has 18 heavy (non-hydrogen) atoms. The molecule has 1 aromatic carbocycles. The molecule has 7 heteroatoms. The molecule has 0 spiro atoms. The highest BCUT2D eigenvalue weighted by Gasteiger charge is 2.14. The zero-order valence-electron chi connectivity index (χ0n) is 9.91. The van der Waals surface area contributed by atoms with E-state index in [9.17, 15) is 5.11 Å². The lowest BCUT2D eigenvalue weighted by molar-refractivity contribution is 0.218. The van der Waals surface area contributed by atoms with Crippen molar-refractivity contribution >= 4 is 11.8 Å². The molecule has 0 aliphatic heterocycles. The third-order valence-corrected chi connectivity index (χ3v) is 3.24. The summed E-state index contributed by atoms with van der Waals surface area (Å²) in [5.74, 6) is 7.22. The number of phenols is 1. The van der Waals surface area contributed by atoms with E-state index in [2.05, 4.69) is 10.2 Å². The van der Waals surface area contributed by atoms with E-state index in [1.807, 2.05) is 6.07 Å². The molecule has 0 amide bonds. The maximum Gasteiger partial charge on any atom is 0.210 e. The Bertz CT molecular complexity index is 530. The third kappa shape index (κ3) is 2.57. The van der Waals surface area contributed by atoms with Crippen LogP contribution in [0.2, 0.25) is 0 Å². The molecule has 3 N–H and O–H groups in total. The van der Waals surface area contributed by atoms with E-state index in [-0.39, 0.29) is 5.75 Å². The van der Waals surface area contributed by atoms with Crippen molar-refractivity contribution in [3.05, 3.63) is 24.3 Å². The van der Waals surface area contributed by atoms with Gasteiger partial charge in [-0.3, -0.25) is 0 Å². The summed E-state index contributed by atoms with van der Waals surface area (Å²) >= 11 is 1.45. The number of thioether (sulfide) groups is 1. The smallest absolute Gasteiger partial charge is 0.210 e. The molecule has 0 unspecified atom stereocenters. The quantitative estimate of drug-likeness (QED) is 0.479. The van der Waals surface area contributed by atoms with E-state index in [0.717, 1.165) is 5.75 Å². The van der Waals surface area contributed by atoms with Gasteiger partial charge in [-0.15, -0.1) is 10.2 Å². The highest BCUT2D eigenvalue weighted by molar-refractivity contribution is 7.99. The number of nitrogen functional groups attached to an aromatic ring is 1. The molecule has 0 aliphatic rings. The number of methoxy groups -OCH3 is 1. The molecule has 0 radical (unpaired) electrons. The van der Waals surface area contributed by atoms with Crippen LogP contribution in [-0.4, -0.2) is 39.4 Å². The van der Waals surface area contributed by atoms with Gasteiger partial charge in [0.1, 0.15) is 5.75 Å². The largest absolute Gasteiger partial charge is 0.507 e. The summed E-state index contributed by atoms with van der Waals surface area (Å²) in [5, 5.41) is 18.3. The highest BCUT2D eigenvalue weighted by Crippen LogP contribution is 2.28. The lowest BCUT2D eigenvalue weighted by atomic mass is 10.2. The lowest BCUT2D eigenvalue weighted by Crippen LogP contribution is -2.12. The van der Waals surface area contributed by atoms with Crippen molar-refractivity contribution in [2.75, 3.05) is 25.3 Å². The Hall–Kier alpha value is -1.73. The van der Waals surface area contributed by atoms with Crippen molar-refractivity contribution in [1.29, 1.82) is 0 Å². The Morgan fingerprint density at radius 3 is 2.89 bits per heavy atom. The summed E-state index contributed by atoms with van der Waals surface area (Å²) < 4.78 is 6.33. The third-order valence-electron chi connectivity index (χ3n) is 2.33. The van der Waals surface area contributed by atoms with E-state index in [4.69, 9.17) is 10.6 Å². The van der Waals surface area contributed by atoms with E-state index < -0.39 is 0 Å². The normalized spacial score (nSPS) is 10.7. The van der Waals surface area contributed by atoms with Crippen molar-refractivity contribution in [2.24, 2.45) is 0 Å². The summed E-state index contributed by atoms with van der Waals surface area (Å²) in [5.41, 5.74) is 0.561. The number of ether oxygens (including phenoxy) is 1. The molecule has 0 aliphatic carbocycles. The molecule has 2 rings (SSSR count). The second kappa shape index (κ2) is 5.74. The van der Waals surface area contributed by atoms with Gasteiger partial charge in [0.15, 0.2) is 5.82 Å². The maximum atomic E-state index is 9.75. The molecular formula is C11H14N4O2S. The number of nitrogens with zero attached hydrogens (tertiary/aromatic N) is 3. The van der Waals surface area contributed by atoms with Gasteiger partial charge in [-0.05, 0) is 12.1 Å². The van der Waals surface area contributed by atoms with Crippen LogP contribution >= 0.6 is 11.8 Å². The Balaban J connectivity index is 2.23. The van der Waals surface area contributed by atoms with Crippen molar-refractivity contribution in [3.63, 3.8) is 0 Å². The van der Waals surface area contributed by atoms with Gasteiger partial charge in [0.25, 0.3) is 0 Å². The van der Waals surface area contributed by atoms with Crippen LogP contribution in [0.25, 0.3) is 11.4 Å². The predicted molar refractivity (Wildman–Crippen MR) is 69.9 cm³/mol. The van der Waals surface area contributed by atoms with Crippen LogP contribution in [0.3, 0.4) is 0 Å². The molecule has 2 aromatic rings. The van der Waals surface area contributed by atoms with Crippen molar-refractivity contribution < 1.29 is 9.84 Å². The molecule has 1 heterocycles. The van der Waals surface area contributed by atoms with Crippen LogP contribution in [0.15, 0.2) is 29.4 Å². The first-order valence-corrected chi connectivity index (χ1v) is 6.33. The van der Waals surface area contributed by atoms with Crippen molar-refractivity contribution in [2.45, 2.75) is 5.16 Å². The Labute approximate surface area is 109 Å². The van der Waals surface area contributed by atoms with Crippen molar-refractivity contribution in [1.82, 2.24) is 14.9 Å². The van der Waals surface area contributed by atoms with E-state index in [1.54, 1.807) is 25.3 Å². The number of rotatable bonds is 5. The number of hydrogen-bond donors (Lipinski definition) is 2. The van der Waals surface area contributed by atoms with Gasteiger partial charge >= 0.3 is 0 Å². The summed E-state index contributed by atoms with van der Waals surface area (Å²) in [6, 6.07) is 6.87. The number of hydrogen-bond acceptors (Lipinski definition) is 6. The second-order valence-electron chi connectivity index (χ2n) is 3.53. The first kappa shape index (κ1) is 12.7. The van der Waals surface area contributed by atoms with Gasteiger partial charge in [-0.2, -0.15) is 0 Å². The molecule has 6 nitrogen and oxygen atoms in total. The number of phenolic OH excluding ortho intramolecular Hbond substituents is 1. The minimum absolute atomic E-state index is 0.130. The number of benzene rings is 1. The Morgan fingerprint density at radius 1 is 1.39 bits per heavy atom. The molecule has 0 saturated heterocycles. The molecule has 0 saturated carbocycles. The summed E-state index contributed by atoms with van der Waals surface area (Å²) in [6.07, 6.45) is 0. The first-order chi connectivity index (χ1) is 8.74. The monoisotopic (exact) mass is 266 g/mol. The van der Waals surface area contributed by atoms with Crippen LogP contribution in [0.5, 0.6) is 5.75 Å². The fourth-order valence-electron chi connectivity index (χ4n) is 1.44. The van der Waals surface area contributed by atoms with Gasteiger partial charge in [0.2, 0.25) is 5.16 Å². The van der Waals surface area contributed by atoms with E-state index in [0.29, 0.717) is 23.2 Å². The molecule has 96 valence electrons. The molecule has 1 aromatic heterocycles. The van der Waals surface area contributed by atoms with Gasteiger partial charge in [0.05, 0.1) is 12.2 Å². The number of para-hydroxylation sites is 1. The van der Waals surface area contributed by atoms with Crippen LogP contribution in [0.4, 0.5) is 0 Å². The van der Waals surface area contributed by atoms with Gasteiger partial charge in [0, 0.05) is 12.9 Å². The average molecular weight is 266 g/mol. The summed E-state index contributed by atoms with van der Waals surface area (Å²) in [6.45, 7) is 0.615. The van der Waals surface area contributed by atoms with Crippen LogP contribution < -0.4 is 5.84 Å². The fourth-order valence-corrected chi connectivity index (χ4v) is 2.19. The van der Waals surface area contributed by atoms with Crippen molar-refractivity contribution in [3.8, 4) is 17.1 Å². The Kier molecular flexibility index (Phi) is 4.06. The minimum Gasteiger partial charge on any atom is -0.507 e. The second-order valence-corrected chi connectivity index (χ2v) is 4.60. The molecule has 0 bridgehead atoms. The molecule has 0 atom stereocenters. The van der Waals surface area contributed by atoms with Crippen LogP contribution in [0.1, 0.15) is 0 Å². The standard InChI is InChI=1S/C11H14N4O2S/c1-17-6-7-18-11-14-13-10(15(11)12)8-4-2-3-5-9(8)16/h2-5,16H,6-7,12H2,1H3. The average Bonchev–Trinajstić information content (AvgIpc) is 2.72. The highest BCUT2D eigenvalue weighted by atomic mass is 32.2. The van der Waals surface area contributed by atoms with Crippen LogP contribution in [0, 0.1) is 0 Å². The maximum absolute atomic E-state index is 9.75. The van der Waals surface area contributed by atoms with E-state index in [1.165, 1.54) is 16.4 Å².